The van der Waals surface area contributed by atoms with Gasteiger partial charge in [-0.2, -0.15) is 0 Å². The molecule has 0 spiro atoms. The van der Waals surface area contributed by atoms with E-state index >= 15 is 0 Å². The molecule has 1 aliphatic heterocycles. The minimum Gasteiger partial charge on any atom is -0.489 e. The van der Waals surface area contributed by atoms with E-state index in [0.717, 1.165) is 35.7 Å². The molecule has 0 bridgehead atoms. The first-order valence-corrected chi connectivity index (χ1v) is 8.25. The number of amides is 1. The van der Waals surface area contributed by atoms with Crippen LogP contribution in [0.1, 0.15) is 27.0 Å². The maximum Gasteiger partial charge on any atom is 0.253 e. The smallest absolute Gasteiger partial charge is 0.253 e. The van der Waals surface area contributed by atoms with E-state index in [1.54, 1.807) is 19.0 Å². The van der Waals surface area contributed by atoms with Gasteiger partial charge in [0.1, 0.15) is 12.4 Å². The van der Waals surface area contributed by atoms with E-state index in [4.69, 9.17) is 4.74 Å². The minimum atomic E-state index is 0.0333. The summed E-state index contributed by atoms with van der Waals surface area (Å²) >= 11 is 0. The van der Waals surface area contributed by atoms with Crippen molar-refractivity contribution >= 4 is 11.6 Å². The first-order valence-electron chi connectivity index (χ1n) is 8.25. The quantitative estimate of drug-likeness (QED) is 0.867. The molecule has 2 aromatic rings. The highest BCUT2D eigenvalue weighted by Gasteiger charge is 2.20. The van der Waals surface area contributed by atoms with Crippen molar-refractivity contribution in [3.8, 4) is 5.75 Å². The predicted octanol–water partition coefficient (Wildman–Crippen LogP) is 3.40. The summed E-state index contributed by atoms with van der Waals surface area (Å²) in [5.41, 5.74) is 5.41. The molecule has 3 rings (SSSR count). The molecule has 0 N–H and O–H groups in total. The van der Waals surface area contributed by atoms with Gasteiger partial charge >= 0.3 is 0 Å². The second kappa shape index (κ2) is 6.56. The topological polar surface area (TPSA) is 32.8 Å². The van der Waals surface area contributed by atoms with Crippen molar-refractivity contribution in [2.45, 2.75) is 20.4 Å². The lowest BCUT2D eigenvalue weighted by molar-refractivity contribution is 0.0827. The van der Waals surface area contributed by atoms with E-state index in [2.05, 4.69) is 36.9 Å². The van der Waals surface area contributed by atoms with Crippen molar-refractivity contribution in [3.63, 3.8) is 0 Å². The van der Waals surface area contributed by atoms with Gasteiger partial charge in [0, 0.05) is 26.2 Å². The summed E-state index contributed by atoms with van der Waals surface area (Å²) in [6, 6.07) is 12.2. The average molecular weight is 324 g/mol. The number of rotatable bonds is 3. The summed E-state index contributed by atoms with van der Waals surface area (Å²) in [5.74, 6) is 1.01. The summed E-state index contributed by atoms with van der Waals surface area (Å²) in [6.07, 6.45) is 0. The van der Waals surface area contributed by atoms with Crippen LogP contribution in [0.3, 0.4) is 0 Å². The highest BCUT2D eigenvalue weighted by atomic mass is 16.5. The number of ether oxygens (including phenoxy) is 1. The molecule has 126 valence electrons. The molecule has 4 heteroatoms. The summed E-state index contributed by atoms with van der Waals surface area (Å²) in [4.78, 5) is 16.1. The van der Waals surface area contributed by atoms with Gasteiger partial charge in [-0.3, -0.25) is 4.79 Å². The van der Waals surface area contributed by atoms with E-state index in [9.17, 15) is 4.79 Å². The van der Waals surface area contributed by atoms with Crippen LogP contribution in [0.4, 0.5) is 5.69 Å². The van der Waals surface area contributed by atoms with E-state index in [-0.39, 0.29) is 5.91 Å². The summed E-state index contributed by atoms with van der Waals surface area (Å²) < 4.78 is 5.87. The van der Waals surface area contributed by atoms with Crippen molar-refractivity contribution < 1.29 is 9.53 Å². The fourth-order valence-corrected chi connectivity index (χ4v) is 3.18. The molecule has 1 heterocycles. The molecule has 0 unspecified atom stereocenters. The number of hydrogen-bond acceptors (Lipinski definition) is 3. The lowest BCUT2D eigenvalue weighted by Crippen LogP contribution is -2.32. The van der Waals surface area contributed by atoms with Crippen LogP contribution < -0.4 is 9.64 Å². The molecule has 1 aliphatic rings. The molecule has 0 fully saturated rings. The average Bonchev–Trinajstić information content (AvgIpc) is 2.55. The summed E-state index contributed by atoms with van der Waals surface area (Å²) in [6.45, 7) is 6.50. The van der Waals surface area contributed by atoms with Crippen molar-refractivity contribution in [1.82, 2.24) is 4.90 Å². The van der Waals surface area contributed by atoms with Gasteiger partial charge in [-0.25, -0.2) is 0 Å². The number of fused-ring (bicyclic) bond motifs is 1. The van der Waals surface area contributed by atoms with Crippen LogP contribution >= 0.6 is 0 Å². The van der Waals surface area contributed by atoms with Gasteiger partial charge in [-0.15, -0.1) is 0 Å². The van der Waals surface area contributed by atoms with Gasteiger partial charge in [-0.1, -0.05) is 18.2 Å². The normalized spacial score (nSPS) is 13.2. The molecule has 0 saturated heterocycles. The maximum absolute atomic E-state index is 12.2. The van der Waals surface area contributed by atoms with Gasteiger partial charge in [-0.05, 0) is 48.7 Å². The van der Waals surface area contributed by atoms with Crippen LogP contribution in [-0.2, 0) is 6.54 Å². The Morgan fingerprint density at radius 2 is 2.00 bits per heavy atom. The predicted molar refractivity (Wildman–Crippen MR) is 96.9 cm³/mol. The number of aryl methyl sites for hydroxylation is 2. The SMILES string of the molecule is Cc1cc(C)c2c(c1)N(Cc1cccc(C(=O)N(C)C)c1)CCO2. The highest BCUT2D eigenvalue weighted by molar-refractivity contribution is 5.94. The Bertz CT molecular complexity index is 768. The van der Waals surface area contributed by atoms with E-state index < -0.39 is 0 Å². The van der Waals surface area contributed by atoms with Crippen LogP contribution in [0.5, 0.6) is 5.75 Å². The number of hydrogen-bond donors (Lipinski definition) is 0. The van der Waals surface area contributed by atoms with Crippen LogP contribution in [0.25, 0.3) is 0 Å². The third-order valence-electron chi connectivity index (χ3n) is 4.30. The number of carbonyl (C=O) groups excluding carboxylic acids is 1. The third kappa shape index (κ3) is 3.23. The van der Waals surface area contributed by atoms with Crippen molar-refractivity contribution in [3.05, 3.63) is 58.7 Å². The lowest BCUT2D eigenvalue weighted by atomic mass is 10.1. The Morgan fingerprint density at radius 1 is 1.21 bits per heavy atom. The number of carbonyl (C=O) groups is 1. The zero-order valence-corrected chi connectivity index (χ0v) is 14.8. The Hall–Kier alpha value is -2.49. The van der Waals surface area contributed by atoms with E-state index in [1.807, 2.05) is 18.2 Å². The standard InChI is InChI=1S/C20H24N2O2/c1-14-10-15(2)19-18(11-14)22(8-9-24-19)13-16-6-5-7-17(12-16)20(23)21(3)4/h5-7,10-12H,8-9,13H2,1-4H3. The van der Waals surface area contributed by atoms with Gasteiger partial charge in [0.15, 0.2) is 0 Å². The monoisotopic (exact) mass is 324 g/mol. The Labute approximate surface area is 143 Å². The molecule has 24 heavy (non-hydrogen) atoms. The van der Waals surface area contributed by atoms with E-state index in [0.29, 0.717) is 6.61 Å². The van der Waals surface area contributed by atoms with Crippen molar-refractivity contribution in [1.29, 1.82) is 0 Å². The molecule has 0 aromatic heterocycles. The molecule has 2 aromatic carbocycles. The zero-order valence-electron chi connectivity index (χ0n) is 14.8. The Kier molecular flexibility index (Phi) is 4.47. The largest absolute Gasteiger partial charge is 0.489 e. The summed E-state index contributed by atoms with van der Waals surface area (Å²) in [7, 11) is 3.55. The van der Waals surface area contributed by atoms with Crippen LogP contribution in [0.15, 0.2) is 36.4 Å². The zero-order chi connectivity index (χ0) is 17.3. The Morgan fingerprint density at radius 3 is 2.75 bits per heavy atom. The van der Waals surface area contributed by atoms with Crippen LogP contribution in [0.2, 0.25) is 0 Å². The fraction of sp³-hybridized carbons (Fsp3) is 0.350. The minimum absolute atomic E-state index is 0.0333. The van der Waals surface area contributed by atoms with Gasteiger partial charge in [0.05, 0.1) is 12.2 Å². The molecule has 0 radical (unpaired) electrons. The van der Waals surface area contributed by atoms with E-state index in [1.165, 1.54) is 11.1 Å². The summed E-state index contributed by atoms with van der Waals surface area (Å²) in [5, 5.41) is 0. The Balaban J connectivity index is 1.89. The second-order valence-electron chi connectivity index (χ2n) is 6.60. The molecular formula is C20H24N2O2. The first kappa shape index (κ1) is 16.4. The molecule has 4 nitrogen and oxygen atoms in total. The number of benzene rings is 2. The maximum atomic E-state index is 12.2. The highest BCUT2D eigenvalue weighted by Crippen LogP contribution is 2.36. The molecule has 0 aliphatic carbocycles. The first-order chi connectivity index (χ1) is 11.5. The number of nitrogens with zero attached hydrogens (tertiary/aromatic N) is 2. The van der Waals surface area contributed by atoms with Crippen molar-refractivity contribution in [2.24, 2.45) is 0 Å². The second-order valence-corrected chi connectivity index (χ2v) is 6.60. The van der Waals surface area contributed by atoms with Crippen LogP contribution in [0, 0.1) is 13.8 Å². The molecule has 0 atom stereocenters. The molecular weight excluding hydrogens is 300 g/mol. The molecule has 1 amide bonds. The lowest BCUT2D eigenvalue weighted by Gasteiger charge is -2.32. The van der Waals surface area contributed by atoms with Gasteiger partial charge in [0.25, 0.3) is 5.91 Å². The number of anilines is 1. The van der Waals surface area contributed by atoms with Crippen LogP contribution in [-0.4, -0.2) is 38.1 Å². The third-order valence-corrected chi connectivity index (χ3v) is 4.30. The van der Waals surface area contributed by atoms with Gasteiger partial charge in [0.2, 0.25) is 0 Å². The fourth-order valence-electron chi connectivity index (χ4n) is 3.18. The van der Waals surface area contributed by atoms with Gasteiger partial charge < -0.3 is 14.5 Å². The molecule has 0 saturated carbocycles. The van der Waals surface area contributed by atoms with Crippen molar-refractivity contribution in [2.75, 3.05) is 32.1 Å².